The van der Waals surface area contributed by atoms with Gasteiger partial charge in [0.1, 0.15) is 0 Å². The van der Waals surface area contributed by atoms with Crippen LogP contribution in [0.2, 0.25) is 0 Å². The van der Waals surface area contributed by atoms with Crippen molar-refractivity contribution in [2.75, 3.05) is 50.2 Å². The lowest BCUT2D eigenvalue weighted by molar-refractivity contribution is 0.270. The summed E-state index contributed by atoms with van der Waals surface area (Å²) in [5.41, 5.74) is 1.77. The zero-order valence-corrected chi connectivity index (χ0v) is 15.9. The van der Waals surface area contributed by atoms with Gasteiger partial charge in [-0.25, -0.2) is 5.01 Å². The molecule has 0 aromatic carbocycles. The zero-order chi connectivity index (χ0) is 17.6. The fourth-order valence-electron chi connectivity index (χ4n) is 4.80. The van der Waals surface area contributed by atoms with Crippen LogP contribution in [0.3, 0.4) is 0 Å². The van der Waals surface area contributed by atoms with E-state index in [2.05, 4.69) is 47.0 Å². The molecule has 0 spiro atoms. The topological polar surface area (TPSA) is 47.9 Å². The summed E-state index contributed by atoms with van der Waals surface area (Å²) in [5, 5.41) is 15.7. The smallest absolute Gasteiger partial charge is 0.171 e. The number of fused-ring (bicyclic) bond motifs is 2. The van der Waals surface area contributed by atoms with Crippen LogP contribution in [0.1, 0.15) is 33.1 Å². The minimum atomic E-state index is 0.413. The maximum Gasteiger partial charge on any atom is 0.171 e. The SMILES string of the molecule is CN1CCN(c2ccc(N(C)N=C3CC4CCC3C4(C)C)nn2)CC1. The summed E-state index contributed by atoms with van der Waals surface area (Å²) < 4.78 is 0. The second kappa shape index (κ2) is 6.24. The second-order valence-corrected chi connectivity index (χ2v) is 8.51. The van der Waals surface area contributed by atoms with Crippen molar-refractivity contribution < 1.29 is 0 Å². The number of piperazine rings is 1. The van der Waals surface area contributed by atoms with Gasteiger partial charge in [0.05, 0.1) is 0 Å². The molecule has 1 aromatic rings. The summed E-state index contributed by atoms with van der Waals surface area (Å²) in [4.78, 5) is 4.65. The molecule has 3 aliphatic rings. The quantitative estimate of drug-likeness (QED) is 0.790. The van der Waals surface area contributed by atoms with Crippen LogP contribution in [0.25, 0.3) is 0 Å². The van der Waals surface area contributed by atoms with Gasteiger partial charge in [0.2, 0.25) is 0 Å². The Bertz CT molecular complexity index is 644. The predicted octanol–water partition coefficient (Wildman–Crippen LogP) is 2.48. The van der Waals surface area contributed by atoms with Gasteiger partial charge in [0.15, 0.2) is 11.6 Å². The number of rotatable bonds is 3. The van der Waals surface area contributed by atoms with E-state index in [1.54, 1.807) is 0 Å². The van der Waals surface area contributed by atoms with E-state index in [0.717, 1.165) is 50.2 Å². The van der Waals surface area contributed by atoms with Crippen LogP contribution in [0.5, 0.6) is 0 Å². The van der Waals surface area contributed by atoms with Gasteiger partial charge in [-0.1, -0.05) is 13.8 Å². The van der Waals surface area contributed by atoms with Gasteiger partial charge in [0, 0.05) is 44.9 Å². The van der Waals surface area contributed by atoms with Gasteiger partial charge < -0.3 is 9.80 Å². The minimum absolute atomic E-state index is 0.413. The van der Waals surface area contributed by atoms with Crippen LogP contribution in [0.15, 0.2) is 17.2 Å². The molecule has 0 amide bonds. The van der Waals surface area contributed by atoms with Crippen molar-refractivity contribution in [2.45, 2.75) is 33.1 Å². The molecule has 4 rings (SSSR count). The van der Waals surface area contributed by atoms with E-state index < -0.39 is 0 Å². The van der Waals surface area contributed by atoms with Crippen molar-refractivity contribution in [3.05, 3.63) is 12.1 Å². The Morgan fingerprint density at radius 3 is 2.44 bits per heavy atom. The number of hydrogen-bond donors (Lipinski definition) is 0. The fraction of sp³-hybridized carbons (Fsp3) is 0.737. The third-order valence-electron chi connectivity index (χ3n) is 6.69. The maximum absolute atomic E-state index is 4.90. The first kappa shape index (κ1) is 16.8. The number of anilines is 2. The molecule has 136 valence electrons. The monoisotopic (exact) mass is 342 g/mol. The molecule has 2 atom stereocenters. The Hall–Kier alpha value is -1.69. The van der Waals surface area contributed by atoms with Crippen molar-refractivity contribution in [2.24, 2.45) is 22.4 Å². The molecule has 0 N–H and O–H groups in total. The van der Waals surface area contributed by atoms with Crippen LogP contribution in [-0.2, 0) is 0 Å². The molecule has 1 aromatic heterocycles. The summed E-state index contributed by atoms with van der Waals surface area (Å²) in [6.07, 6.45) is 3.80. The van der Waals surface area contributed by atoms with Crippen molar-refractivity contribution in [3.8, 4) is 0 Å². The number of hydrazone groups is 1. The van der Waals surface area contributed by atoms with Gasteiger partial charge in [-0.15, -0.1) is 10.2 Å². The first-order valence-electron chi connectivity index (χ1n) is 9.53. The molecule has 2 saturated carbocycles. The Kier molecular flexibility index (Phi) is 4.18. The van der Waals surface area contributed by atoms with E-state index in [4.69, 9.17) is 5.10 Å². The Morgan fingerprint density at radius 2 is 1.88 bits per heavy atom. The number of hydrogen-bond acceptors (Lipinski definition) is 6. The molecular formula is C19H30N6. The first-order valence-corrected chi connectivity index (χ1v) is 9.53. The average molecular weight is 342 g/mol. The van der Waals surface area contributed by atoms with Crippen LogP contribution in [0, 0.1) is 17.3 Å². The number of aromatic nitrogens is 2. The molecule has 25 heavy (non-hydrogen) atoms. The molecule has 6 nitrogen and oxygen atoms in total. The summed E-state index contributed by atoms with van der Waals surface area (Å²) in [5.74, 6) is 3.23. The highest BCUT2D eigenvalue weighted by Gasteiger charge is 2.51. The van der Waals surface area contributed by atoms with E-state index in [0.29, 0.717) is 11.3 Å². The highest BCUT2D eigenvalue weighted by Crippen LogP contribution is 2.56. The highest BCUT2D eigenvalue weighted by atomic mass is 15.5. The van der Waals surface area contributed by atoms with Gasteiger partial charge in [-0.2, -0.15) is 5.10 Å². The molecule has 2 unspecified atom stereocenters. The predicted molar refractivity (Wildman–Crippen MR) is 102 cm³/mol. The zero-order valence-electron chi connectivity index (χ0n) is 15.9. The van der Waals surface area contributed by atoms with Crippen molar-refractivity contribution in [1.29, 1.82) is 0 Å². The molecule has 0 radical (unpaired) electrons. The molecule has 3 fully saturated rings. The van der Waals surface area contributed by atoms with E-state index in [1.807, 2.05) is 18.1 Å². The Morgan fingerprint density at radius 1 is 1.12 bits per heavy atom. The third kappa shape index (κ3) is 3.01. The van der Waals surface area contributed by atoms with E-state index >= 15 is 0 Å². The molecule has 2 bridgehead atoms. The molecule has 1 aliphatic heterocycles. The second-order valence-electron chi connectivity index (χ2n) is 8.51. The van der Waals surface area contributed by atoms with E-state index in [9.17, 15) is 0 Å². The number of likely N-dealkylation sites (N-methyl/N-ethyl adjacent to an activating group) is 1. The average Bonchev–Trinajstić information content (AvgIpc) is 3.02. The lowest BCUT2D eigenvalue weighted by atomic mass is 9.82. The lowest BCUT2D eigenvalue weighted by Crippen LogP contribution is -2.44. The van der Waals surface area contributed by atoms with Crippen LogP contribution in [0.4, 0.5) is 11.6 Å². The number of nitrogens with zero attached hydrogens (tertiary/aromatic N) is 6. The van der Waals surface area contributed by atoms with Gasteiger partial charge in [-0.3, -0.25) is 0 Å². The fourth-order valence-corrected chi connectivity index (χ4v) is 4.80. The van der Waals surface area contributed by atoms with Gasteiger partial charge in [0.25, 0.3) is 0 Å². The molecule has 1 saturated heterocycles. The Labute approximate surface area is 150 Å². The van der Waals surface area contributed by atoms with E-state index in [-0.39, 0.29) is 0 Å². The molecule has 6 heteroatoms. The van der Waals surface area contributed by atoms with Crippen LogP contribution in [-0.4, -0.2) is 61.1 Å². The van der Waals surface area contributed by atoms with Gasteiger partial charge in [-0.05, 0) is 49.8 Å². The normalized spacial score (nSPS) is 30.2. The molecular weight excluding hydrogens is 312 g/mol. The third-order valence-corrected chi connectivity index (χ3v) is 6.69. The van der Waals surface area contributed by atoms with Crippen molar-refractivity contribution >= 4 is 17.3 Å². The summed E-state index contributed by atoms with van der Waals surface area (Å²) in [7, 11) is 4.16. The van der Waals surface area contributed by atoms with Crippen molar-refractivity contribution in [3.63, 3.8) is 0 Å². The highest BCUT2D eigenvalue weighted by molar-refractivity contribution is 5.91. The lowest BCUT2D eigenvalue weighted by Gasteiger charge is -2.32. The first-order chi connectivity index (χ1) is 11.9. The van der Waals surface area contributed by atoms with Crippen LogP contribution < -0.4 is 9.91 Å². The molecule has 2 aliphatic carbocycles. The van der Waals surface area contributed by atoms with Crippen LogP contribution >= 0.6 is 0 Å². The summed E-state index contributed by atoms with van der Waals surface area (Å²) in [6, 6.07) is 4.12. The molecule has 2 heterocycles. The maximum atomic E-state index is 4.90. The summed E-state index contributed by atoms with van der Waals surface area (Å²) in [6.45, 7) is 9.00. The Balaban J connectivity index is 1.45. The largest absolute Gasteiger partial charge is 0.353 e. The van der Waals surface area contributed by atoms with Crippen molar-refractivity contribution in [1.82, 2.24) is 15.1 Å². The summed E-state index contributed by atoms with van der Waals surface area (Å²) >= 11 is 0. The van der Waals surface area contributed by atoms with E-state index in [1.165, 1.54) is 18.6 Å². The minimum Gasteiger partial charge on any atom is -0.353 e. The standard InChI is InChI=1S/C19H30N6/c1-19(2)14-5-6-15(19)16(13-14)22-24(4)17-7-8-18(21-20-17)25-11-9-23(3)10-12-25/h7-8,14-15H,5-6,9-13H2,1-4H3. The van der Waals surface area contributed by atoms with Gasteiger partial charge >= 0.3 is 0 Å².